The van der Waals surface area contributed by atoms with E-state index in [0.29, 0.717) is 5.88 Å². The van der Waals surface area contributed by atoms with E-state index in [1.54, 1.807) is 11.8 Å². The van der Waals surface area contributed by atoms with Gasteiger partial charge in [-0.25, -0.2) is 4.79 Å². The van der Waals surface area contributed by atoms with Crippen molar-refractivity contribution in [1.29, 1.82) is 0 Å². The number of hydrogen-bond donors (Lipinski definition) is 0. The van der Waals surface area contributed by atoms with Crippen molar-refractivity contribution in [1.82, 2.24) is 4.90 Å². The van der Waals surface area contributed by atoms with Gasteiger partial charge in [-0.15, -0.1) is 11.6 Å². The Kier molecular flexibility index (Phi) is 3.66. The van der Waals surface area contributed by atoms with Crippen LogP contribution < -0.4 is 0 Å². The van der Waals surface area contributed by atoms with Gasteiger partial charge in [-0.1, -0.05) is 0 Å². The third kappa shape index (κ3) is 2.55. The van der Waals surface area contributed by atoms with Crippen LogP contribution in [-0.2, 0) is 4.74 Å². The average molecular weight is 192 g/mol. The van der Waals surface area contributed by atoms with Crippen molar-refractivity contribution < 1.29 is 9.53 Å². The number of likely N-dealkylation sites (tertiary alicyclic amines) is 1. The summed E-state index contributed by atoms with van der Waals surface area (Å²) in [5, 5.41) is 0. The maximum Gasteiger partial charge on any atom is 0.410 e. The zero-order valence-corrected chi connectivity index (χ0v) is 8.01. The van der Waals surface area contributed by atoms with Gasteiger partial charge in [0.2, 0.25) is 0 Å². The monoisotopic (exact) mass is 191 g/mol. The van der Waals surface area contributed by atoms with Crippen molar-refractivity contribution in [3.63, 3.8) is 0 Å². The molecule has 1 fully saturated rings. The number of nitrogens with zero attached hydrogens (tertiary/aromatic N) is 1. The molecular weight excluding hydrogens is 178 g/mol. The normalized spacial score (nSPS) is 19.3. The minimum atomic E-state index is -0.222. The first-order valence-corrected chi connectivity index (χ1v) is 4.79. The van der Waals surface area contributed by atoms with Crippen LogP contribution in [0.25, 0.3) is 0 Å². The predicted octanol–water partition coefficient (Wildman–Crippen LogP) is 1.85. The maximum absolute atomic E-state index is 11.3. The predicted molar refractivity (Wildman–Crippen MR) is 47.5 cm³/mol. The fourth-order valence-electron chi connectivity index (χ4n) is 1.18. The van der Waals surface area contributed by atoms with E-state index < -0.39 is 0 Å². The molecule has 0 radical (unpaired) electrons. The molecule has 0 aliphatic carbocycles. The molecule has 0 aromatic rings. The van der Waals surface area contributed by atoms with Crippen LogP contribution in [0.5, 0.6) is 0 Å². The largest absolute Gasteiger partial charge is 0.445 e. The van der Waals surface area contributed by atoms with Crippen LogP contribution in [0.1, 0.15) is 19.8 Å². The molecule has 12 heavy (non-hydrogen) atoms. The van der Waals surface area contributed by atoms with E-state index in [4.69, 9.17) is 16.3 Å². The van der Waals surface area contributed by atoms with Gasteiger partial charge < -0.3 is 9.64 Å². The summed E-state index contributed by atoms with van der Waals surface area (Å²) in [7, 11) is 0. The molecule has 3 nitrogen and oxygen atoms in total. The highest BCUT2D eigenvalue weighted by molar-refractivity contribution is 6.18. The molecule has 70 valence electrons. The fraction of sp³-hybridized carbons (Fsp3) is 0.875. The lowest BCUT2D eigenvalue weighted by Gasteiger charge is -2.17. The molecule has 0 aromatic heterocycles. The second kappa shape index (κ2) is 4.55. The third-order valence-electron chi connectivity index (χ3n) is 1.88. The van der Waals surface area contributed by atoms with Gasteiger partial charge >= 0.3 is 6.09 Å². The minimum Gasteiger partial charge on any atom is -0.445 e. The average Bonchev–Trinajstić information content (AvgIpc) is 2.56. The smallest absolute Gasteiger partial charge is 0.410 e. The van der Waals surface area contributed by atoms with Crippen molar-refractivity contribution in [2.75, 3.05) is 19.0 Å². The van der Waals surface area contributed by atoms with E-state index in [9.17, 15) is 4.79 Å². The summed E-state index contributed by atoms with van der Waals surface area (Å²) in [6.07, 6.45) is 1.77. The summed E-state index contributed by atoms with van der Waals surface area (Å²) in [6.45, 7) is 3.45. The Balaban J connectivity index is 2.27. The van der Waals surface area contributed by atoms with Crippen LogP contribution in [0.15, 0.2) is 0 Å². The summed E-state index contributed by atoms with van der Waals surface area (Å²) >= 11 is 5.51. The Labute approximate surface area is 77.6 Å². The molecule has 0 spiro atoms. The molecule has 0 saturated carbocycles. The molecule has 1 aliphatic heterocycles. The quantitative estimate of drug-likeness (QED) is 0.624. The lowest BCUT2D eigenvalue weighted by molar-refractivity contribution is 0.0849. The molecule has 0 aromatic carbocycles. The van der Waals surface area contributed by atoms with Crippen molar-refractivity contribution in [3.05, 3.63) is 0 Å². The van der Waals surface area contributed by atoms with E-state index in [2.05, 4.69) is 0 Å². The number of carbonyl (C=O) groups excluding carboxylic acids is 1. The fourth-order valence-corrected chi connectivity index (χ4v) is 1.24. The molecule has 0 bridgehead atoms. The molecule has 1 aliphatic rings. The molecule has 1 unspecified atom stereocenters. The van der Waals surface area contributed by atoms with Gasteiger partial charge in [0.1, 0.15) is 6.10 Å². The first-order chi connectivity index (χ1) is 5.74. The van der Waals surface area contributed by atoms with Gasteiger partial charge in [-0.05, 0) is 19.8 Å². The van der Waals surface area contributed by atoms with Crippen LogP contribution >= 0.6 is 11.6 Å². The zero-order valence-electron chi connectivity index (χ0n) is 7.25. The summed E-state index contributed by atoms with van der Waals surface area (Å²) in [4.78, 5) is 13.0. The molecule has 1 saturated heterocycles. The second-order valence-corrected chi connectivity index (χ2v) is 3.35. The molecule has 1 rings (SSSR count). The van der Waals surface area contributed by atoms with Crippen molar-refractivity contribution >= 4 is 17.7 Å². The molecule has 1 amide bonds. The van der Waals surface area contributed by atoms with Crippen LogP contribution in [0.4, 0.5) is 4.79 Å². The highest BCUT2D eigenvalue weighted by Gasteiger charge is 2.20. The number of hydrogen-bond acceptors (Lipinski definition) is 2. The number of ether oxygens (including phenoxy) is 1. The highest BCUT2D eigenvalue weighted by atomic mass is 35.5. The lowest BCUT2D eigenvalue weighted by Crippen LogP contribution is -2.31. The molecule has 0 N–H and O–H groups in total. The Bertz CT molecular complexity index is 157. The zero-order chi connectivity index (χ0) is 8.97. The summed E-state index contributed by atoms with van der Waals surface area (Å²) in [5.74, 6) is 0.361. The highest BCUT2D eigenvalue weighted by Crippen LogP contribution is 2.10. The van der Waals surface area contributed by atoms with Gasteiger partial charge in [0, 0.05) is 13.1 Å². The van der Waals surface area contributed by atoms with Gasteiger partial charge in [-0.2, -0.15) is 0 Å². The second-order valence-electron chi connectivity index (χ2n) is 3.04. The van der Waals surface area contributed by atoms with Gasteiger partial charge in [-0.3, -0.25) is 0 Å². The first kappa shape index (κ1) is 9.65. The van der Waals surface area contributed by atoms with Crippen molar-refractivity contribution in [2.45, 2.75) is 25.9 Å². The molecule has 1 atom stereocenters. The maximum atomic E-state index is 11.3. The van der Waals surface area contributed by atoms with E-state index in [-0.39, 0.29) is 12.2 Å². The van der Waals surface area contributed by atoms with E-state index in [1.807, 2.05) is 0 Å². The summed E-state index contributed by atoms with van der Waals surface area (Å²) in [5.41, 5.74) is 0. The third-order valence-corrected chi connectivity index (χ3v) is 2.32. The lowest BCUT2D eigenvalue weighted by atomic mass is 10.4. The van der Waals surface area contributed by atoms with Crippen LogP contribution in [0.2, 0.25) is 0 Å². The number of alkyl halides is 1. The first-order valence-electron chi connectivity index (χ1n) is 4.25. The summed E-state index contributed by atoms with van der Waals surface area (Å²) in [6, 6.07) is 0. The Hall–Kier alpha value is -0.440. The van der Waals surface area contributed by atoms with Gasteiger partial charge in [0.15, 0.2) is 0 Å². The van der Waals surface area contributed by atoms with Crippen molar-refractivity contribution in [2.24, 2.45) is 0 Å². The Morgan fingerprint density at radius 1 is 1.58 bits per heavy atom. The minimum absolute atomic E-state index is 0.181. The van der Waals surface area contributed by atoms with E-state index >= 15 is 0 Å². The number of amides is 1. The Morgan fingerprint density at radius 3 is 2.67 bits per heavy atom. The SMILES string of the molecule is CC(CCl)OC(=O)N1CCCC1. The molecule has 4 heteroatoms. The van der Waals surface area contributed by atoms with Crippen LogP contribution in [0, 0.1) is 0 Å². The number of halogens is 1. The molecule has 1 heterocycles. The van der Waals surface area contributed by atoms with Gasteiger partial charge in [0.25, 0.3) is 0 Å². The topological polar surface area (TPSA) is 29.5 Å². The van der Waals surface area contributed by atoms with Crippen LogP contribution in [-0.4, -0.2) is 36.1 Å². The standard InChI is InChI=1S/C8H14ClNO2/c1-7(6-9)12-8(11)10-4-2-3-5-10/h7H,2-6H2,1H3. The van der Waals surface area contributed by atoms with Gasteiger partial charge in [0.05, 0.1) is 5.88 Å². The van der Waals surface area contributed by atoms with E-state index in [1.165, 1.54) is 0 Å². The molecular formula is C8H14ClNO2. The van der Waals surface area contributed by atoms with Crippen LogP contribution in [0.3, 0.4) is 0 Å². The van der Waals surface area contributed by atoms with E-state index in [0.717, 1.165) is 25.9 Å². The Morgan fingerprint density at radius 2 is 2.17 bits per heavy atom. The summed E-state index contributed by atoms with van der Waals surface area (Å²) < 4.78 is 5.04. The van der Waals surface area contributed by atoms with Crippen molar-refractivity contribution in [3.8, 4) is 0 Å². The number of carbonyl (C=O) groups is 1. The number of rotatable bonds is 2.